The summed E-state index contributed by atoms with van der Waals surface area (Å²) < 4.78 is 16.6. The average Bonchev–Trinajstić information content (AvgIpc) is 2.79. The maximum atomic E-state index is 12.2. The molecule has 0 aliphatic rings. The van der Waals surface area contributed by atoms with Crippen LogP contribution in [0.25, 0.3) is 0 Å². The first-order valence-electron chi connectivity index (χ1n) is 9.54. The van der Waals surface area contributed by atoms with Crippen LogP contribution in [-0.4, -0.2) is 25.3 Å². The summed E-state index contributed by atoms with van der Waals surface area (Å²) in [4.78, 5) is 12.2. The highest BCUT2D eigenvalue weighted by Gasteiger charge is 2.14. The molecule has 0 bridgehead atoms. The minimum Gasteiger partial charge on any atom is -0.497 e. The SMILES string of the molecule is COc1cccc(C=NNC(=O)[C@@H](C)Oc2ccc(OCc3ccccc3)cc2)c1. The van der Waals surface area contributed by atoms with Crippen molar-refractivity contribution < 1.29 is 19.0 Å². The van der Waals surface area contributed by atoms with Crippen LogP contribution < -0.4 is 19.6 Å². The predicted octanol–water partition coefficient (Wildman–Crippen LogP) is 4.19. The number of hydrogen-bond donors (Lipinski definition) is 1. The van der Waals surface area contributed by atoms with Crippen molar-refractivity contribution in [2.45, 2.75) is 19.6 Å². The van der Waals surface area contributed by atoms with E-state index in [1.165, 1.54) is 0 Å². The van der Waals surface area contributed by atoms with E-state index in [1.807, 2.05) is 66.7 Å². The van der Waals surface area contributed by atoms with Crippen molar-refractivity contribution in [2.75, 3.05) is 7.11 Å². The summed E-state index contributed by atoms with van der Waals surface area (Å²) in [6.07, 6.45) is 0.843. The number of hydrogen-bond acceptors (Lipinski definition) is 5. The van der Waals surface area contributed by atoms with Gasteiger partial charge in [0.05, 0.1) is 13.3 Å². The van der Waals surface area contributed by atoms with Crippen LogP contribution in [0.5, 0.6) is 17.2 Å². The molecule has 0 saturated carbocycles. The van der Waals surface area contributed by atoms with E-state index in [2.05, 4.69) is 10.5 Å². The first kappa shape index (κ1) is 20.9. The molecule has 0 radical (unpaired) electrons. The Hall–Kier alpha value is -3.80. The van der Waals surface area contributed by atoms with Crippen LogP contribution in [0.1, 0.15) is 18.1 Å². The molecule has 0 spiro atoms. The van der Waals surface area contributed by atoms with Gasteiger partial charge in [-0.1, -0.05) is 42.5 Å². The highest BCUT2D eigenvalue weighted by Crippen LogP contribution is 2.19. The van der Waals surface area contributed by atoms with E-state index in [0.717, 1.165) is 22.6 Å². The molecule has 0 aliphatic heterocycles. The Labute approximate surface area is 176 Å². The van der Waals surface area contributed by atoms with Gasteiger partial charge in [0.15, 0.2) is 6.10 Å². The number of carbonyl (C=O) groups is 1. The number of benzene rings is 3. The molecule has 3 rings (SSSR count). The van der Waals surface area contributed by atoms with E-state index in [9.17, 15) is 4.79 Å². The molecular weight excluding hydrogens is 380 g/mol. The molecule has 6 nitrogen and oxygen atoms in total. The lowest BCUT2D eigenvalue weighted by Gasteiger charge is -2.13. The molecule has 6 heteroatoms. The molecular formula is C24H24N2O4. The molecule has 3 aromatic carbocycles. The van der Waals surface area contributed by atoms with Crippen LogP contribution in [0.3, 0.4) is 0 Å². The number of methoxy groups -OCH3 is 1. The molecule has 0 heterocycles. The van der Waals surface area contributed by atoms with Crippen molar-refractivity contribution in [3.63, 3.8) is 0 Å². The molecule has 0 unspecified atom stereocenters. The number of nitrogens with zero attached hydrogens (tertiary/aromatic N) is 1. The predicted molar refractivity (Wildman–Crippen MR) is 116 cm³/mol. The largest absolute Gasteiger partial charge is 0.497 e. The van der Waals surface area contributed by atoms with Crippen LogP contribution in [0.2, 0.25) is 0 Å². The van der Waals surface area contributed by atoms with Crippen molar-refractivity contribution in [2.24, 2.45) is 5.10 Å². The molecule has 0 fully saturated rings. The summed E-state index contributed by atoms with van der Waals surface area (Å²) in [5.74, 6) is 1.67. The zero-order chi connectivity index (χ0) is 21.2. The number of ether oxygens (including phenoxy) is 3. The van der Waals surface area contributed by atoms with Gasteiger partial charge >= 0.3 is 0 Å². The van der Waals surface area contributed by atoms with Gasteiger partial charge in [-0.05, 0) is 54.4 Å². The van der Waals surface area contributed by atoms with E-state index in [0.29, 0.717) is 12.4 Å². The van der Waals surface area contributed by atoms with Crippen molar-refractivity contribution >= 4 is 12.1 Å². The van der Waals surface area contributed by atoms with E-state index in [1.54, 1.807) is 32.4 Å². The molecule has 1 atom stereocenters. The standard InChI is InChI=1S/C24H24N2O4/c1-18(24(27)26-25-16-20-9-6-10-23(15-20)28-2)30-22-13-11-21(12-14-22)29-17-19-7-4-3-5-8-19/h3-16,18H,17H2,1-2H3,(H,26,27)/t18-/m1/s1. The summed E-state index contributed by atoms with van der Waals surface area (Å²) in [6.45, 7) is 2.15. The molecule has 3 aromatic rings. The maximum Gasteiger partial charge on any atom is 0.280 e. The lowest BCUT2D eigenvalue weighted by molar-refractivity contribution is -0.127. The Morgan fingerprint density at radius 2 is 1.70 bits per heavy atom. The summed E-state index contributed by atoms with van der Waals surface area (Å²) >= 11 is 0. The van der Waals surface area contributed by atoms with Crippen molar-refractivity contribution in [3.8, 4) is 17.2 Å². The van der Waals surface area contributed by atoms with Crippen molar-refractivity contribution in [1.29, 1.82) is 0 Å². The van der Waals surface area contributed by atoms with Gasteiger partial charge in [0, 0.05) is 0 Å². The number of rotatable bonds is 9. The van der Waals surface area contributed by atoms with Gasteiger partial charge in [0.25, 0.3) is 5.91 Å². The van der Waals surface area contributed by atoms with Gasteiger partial charge in [0.1, 0.15) is 23.9 Å². The second-order valence-corrected chi connectivity index (χ2v) is 6.52. The lowest BCUT2D eigenvalue weighted by Crippen LogP contribution is -2.33. The molecule has 1 amide bonds. The molecule has 154 valence electrons. The fourth-order valence-corrected chi connectivity index (χ4v) is 2.60. The average molecular weight is 404 g/mol. The topological polar surface area (TPSA) is 69.2 Å². The van der Waals surface area contributed by atoms with Crippen molar-refractivity contribution in [3.05, 3.63) is 90.0 Å². The van der Waals surface area contributed by atoms with Gasteiger partial charge < -0.3 is 14.2 Å². The van der Waals surface area contributed by atoms with E-state index in [4.69, 9.17) is 14.2 Å². The highest BCUT2D eigenvalue weighted by atomic mass is 16.5. The molecule has 1 N–H and O–H groups in total. The minimum absolute atomic E-state index is 0.349. The first-order chi connectivity index (χ1) is 14.6. The van der Waals surface area contributed by atoms with E-state index in [-0.39, 0.29) is 5.91 Å². The minimum atomic E-state index is -0.705. The quantitative estimate of drug-likeness (QED) is 0.429. The molecule has 0 aliphatic carbocycles. The Morgan fingerprint density at radius 1 is 0.967 bits per heavy atom. The van der Waals surface area contributed by atoms with Crippen LogP contribution in [-0.2, 0) is 11.4 Å². The smallest absolute Gasteiger partial charge is 0.280 e. The lowest BCUT2D eigenvalue weighted by atomic mass is 10.2. The van der Waals surface area contributed by atoms with Crippen LogP contribution in [0.4, 0.5) is 0 Å². The zero-order valence-corrected chi connectivity index (χ0v) is 16.9. The summed E-state index contributed by atoms with van der Waals surface area (Å²) in [7, 11) is 1.60. The first-order valence-corrected chi connectivity index (χ1v) is 9.54. The van der Waals surface area contributed by atoms with Crippen molar-refractivity contribution in [1.82, 2.24) is 5.43 Å². The Bertz CT molecular complexity index is 972. The summed E-state index contributed by atoms with van der Waals surface area (Å²) in [5, 5.41) is 3.97. The third kappa shape index (κ3) is 6.38. The monoisotopic (exact) mass is 404 g/mol. The number of amides is 1. The fourth-order valence-electron chi connectivity index (χ4n) is 2.60. The molecule has 0 aromatic heterocycles. The number of nitrogens with one attached hydrogen (secondary N) is 1. The molecule has 0 saturated heterocycles. The Morgan fingerprint density at radius 3 is 2.43 bits per heavy atom. The second kappa shape index (κ2) is 10.7. The van der Waals surface area contributed by atoms with Gasteiger partial charge in [-0.2, -0.15) is 5.10 Å². The third-order valence-corrected chi connectivity index (χ3v) is 4.24. The van der Waals surface area contributed by atoms with E-state index >= 15 is 0 Å². The van der Waals surface area contributed by atoms with Crippen LogP contribution >= 0.6 is 0 Å². The van der Waals surface area contributed by atoms with Gasteiger partial charge in [-0.15, -0.1) is 0 Å². The Kier molecular flexibility index (Phi) is 7.44. The second-order valence-electron chi connectivity index (χ2n) is 6.52. The van der Waals surface area contributed by atoms with Crippen LogP contribution in [0, 0.1) is 0 Å². The summed E-state index contributed by atoms with van der Waals surface area (Å²) in [6, 6.07) is 24.5. The van der Waals surface area contributed by atoms with Gasteiger partial charge in [-0.3, -0.25) is 4.79 Å². The third-order valence-electron chi connectivity index (χ3n) is 4.24. The summed E-state index contributed by atoms with van der Waals surface area (Å²) in [5.41, 5.74) is 4.39. The van der Waals surface area contributed by atoms with Crippen LogP contribution in [0.15, 0.2) is 84.0 Å². The normalized spacial score (nSPS) is 11.7. The maximum absolute atomic E-state index is 12.2. The zero-order valence-electron chi connectivity index (χ0n) is 16.9. The fraction of sp³-hybridized carbons (Fsp3) is 0.167. The van der Waals surface area contributed by atoms with E-state index < -0.39 is 6.10 Å². The number of hydrazone groups is 1. The Balaban J connectivity index is 1.46. The number of carbonyl (C=O) groups excluding carboxylic acids is 1. The highest BCUT2D eigenvalue weighted by molar-refractivity contribution is 5.84. The van der Waals surface area contributed by atoms with Gasteiger partial charge in [0.2, 0.25) is 0 Å². The molecule has 30 heavy (non-hydrogen) atoms. The van der Waals surface area contributed by atoms with Gasteiger partial charge in [-0.25, -0.2) is 5.43 Å².